The summed E-state index contributed by atoms with van der Waals surface area (Å²) in [5.74, 6) is 0.969. The molecule has 7 nitrogen and oxygen atoms in total. The van der Waals surface area contributed by atoms with Crippen molar-refractivity contribution in [2.24, 2.45) is 7.05 Å². The van der Waals surface area contributed by atoms with E-state index in [9.17, 15) is 4.79 Å². The van der Waals surface area contributed by atoms with E-state index in [2.05, 4.69) is 15.0 Å². The zero-order valence-electron chi connectivity index (χ0n) is 18.5. The third-order valence-corrected chi connectivity index (χ3v) is 5.66. The first kappa shape index (κ1) is 22.2. The number of rotatable bonds is 5. The molecule has 0 N–H and O–H groups in total. The third-order valence-electron chi connectivity index (χ3n) is 4.96. The first-order valence-electron chi connectivity index (χ1n) is 10.2. The fourth-order valence-electron chi connectivity index (χ4n) is 3.28. The molecule has 0 fully saturated rings. The highest BCUT2D eigenvalue weighted by atomic mass is 32.1. The average Bonchev–Trinajstić information content (AvgIpc) is 3.61. The van der Waals surface area contributed by atoms with Gasteiger partial charge in [-0.05, 0) is 30.7 Å². The Hall–Kier alpha value is -4.04. The van der Waals surface area contributed by atoms with Crippen LogP contribution < -0.4 is 4.74 Å². The zero-order valence-corrected chi connectivity index (χ0v) is 19.4. The predicted octanol–water partition coefficient (Wildman–Crippen LogP) is 4.96. The van der Waals surface area contributed by atoms with E-state index in [-0.39, 0.29) is 5.78 Å². The van der Waals surface area contributed by atoms with Crippen LogP contribution in [0.5, 0.6) is 5.75 Å². The number of aromatic nitrogens is 5. The number of thiazole rings is 1. The number of ketones is 1. The molecule has 5 aromatic rings. The number of carbonyl (C=O) groups is 1. The van der Waals surface area contributed by atoms with Gasteiger partial charge in [-0.3, -0.25) is 9.78 Å². The summed E-state index contributed by atoms with van der Waals surface area (Å²) in [6.45, 7) is 2.04. The number of benzene rings is 2. The van der Waals surface area contributed by atoms with Gasteiger partial charge in [0.2, 0.25) is 5.78 Å². The lowest BCUT2D eigenvalue weighted by atomic mass is 10.0. The van der Waals surface area contributed by atoms with E-state index in [0.717, 1.165) is 22.6 Å². The summed E-state index contributed by atoms with van der Waals surface area (Å²) in [4.78, 5) is 26.0. The Morgan fingerprint density at radius 2 is 1.94 bits per heavy atom. The van der Waals surface area contributed by atoms with E-state index in [1.807, 2.05) is 71.7 Å². The van der Waals surface area contributed by atoms with Crippen molar-refractivity contribution in [1.82, 2.24) is 24.1 Å². The van der Waals surface area contributed by atoms with Gasteiger partial charge in [0.1, 0.15) is 17.8 Å². The molecule has 8 heteroatoms. The summed E-state index contributed by atoms with van der Waals surface area (Å²) < 4.78 is 8.97. The van der Waals surface area contributed by atoms with E-state index in [0.29, 0.717) is 11.5 Å². The maximum atomic E-state index is 12.6. The number of aryl methyl sites for hydroxylation is 2. The summed E-state index contributed by atoms with van der Waals surface area (Å²) in [6, 6.07) is 15.9. The minimum absolute atomic E-state index is 0.206. The molecule has 3 heterocycles. The number of carbonyl (C=O) groups excluding carboxylic acids is 1. The summed E-state index contributed by atoms with van der Waals surface area (Å²) >= 11 is 1.67. The Morgan fingerprint density at radius 1 is 1.09 bits per heavy atom. The minimum atomic E-state index is -0.206. The van der Waals surface area contributed by atoms with Gasteiger partial charge >= 0.3 is 0 Å². The van der Waals surface area contributed by atoms with Crippen LogP contribution in [0.4, 0.5) is 0 Å². The lowest BCUT2D eigenvalue weighted by Crippen LogP contribution is -2.09. The molecule has 0 aliphatic rings. The molecule has 5 rings (SSSR count). The third kappa shape index (κ3) is 5.07. The van der Waals surface area contributed by atoms with Crippen molar-refractivity contribution in [1.29, 1.82) is 0 Å². The number of imidazole rings is 2. The van der Waals surface area contributed by atoms with Crippen LogP contribution in [0, 0.1) is 6.92 Å². The molecule has 0 radical (unpaired) electrons. The van der Waals surface area contributed by atoms with Gasteiger partial charge in [0.05, 0.1) is 12.6 Å². The lowest BCUT2D eigenvalue weighted by Gasteiger charge is -2.10. The molecule has 0 saturated heterocycles. The second-order valence-corrected chi connectivity index (χ2v) is 8.31. The summed E-state index contributed by atoms with van der Waals surface area (Å²) in [5, 5.41) is 0. The van der Waals surface area contributed by atoms with Crippen LogP contribution in [0.2, 0.25) is 0 Å². The van der Waals surface area contributed by atoms with E-state index >= 15 is 0 Å². The molecule has 3 aromatic heterocycles. The molecule has 2 aromatic carbocycles. The second-order valence-electron chi connectivity index (χ2n) is 7.22. The van der Waals surface area contributed by atoms with Gasteiger partial charge in [0.25, 0.3) is 0 Å². The van der Waals surface area contributed by atoms with Crippen molar-refractivity contribution in [3.63, 3.8) is 0 Å². The molecule has 166 valence electrons. The van der Waals surface area contributed by atoms with Crippen LogP contribution >= 0.6 is 11.3 Å². The van der Waals surface area contributed by atoms with Crippen molar-refractivity contribution < 1.29 is 9.53 Å². The molecular formula is C25H23N5O2S. The van der Waals surface area contributed by atoms with Gasteiger partial charge in [-0.2, -0.15) is 0 Å². The number of para-hydroxylation sites is 1. The van der Waals surface area contributed by atoms with Crippen LogP contribution in [0.3, 0.4) is 0 Å². The molecule has 0 spiro atoms. The minimum Gasteiger partial charge on any atom is -0.496 e. The number of methoxy groups -OCH3 is 1. The Kier molecular flexibility index (Phi) is 6.75. The van der Waals surface area contributed by atoms with E-state index in [1.165, 1.54) is 4.88 Å². The SMILES string of the molecule is COc1ccccc1-c1cccc(-n2cnc(C(=O)c3nccn3C)c2)c1.Cc1cncs1. The average molecular weight is 458 g/mol. The van der Waals surface area contributed by atoms with Gasteiger partial charge in [0, 0.05) is 48.0 Å². The number of ether oxygens (including phenoxy) is 1. The molecule has 0 aliphatic carbocycles. The summed E-state index contributed by atoms with van der Waals surface area (Å²) in [6.07, 6.45) is 8.54. The first-order chi connectivity index (χ1) is 16.1. The Balaban J connectivity index is 0.000000376. The molecule has 0 saturated carbocycles. The highest BCUT2D eigenvalue weighted by molar-refractivity contribution is 7.09. The lowest BCUT2D eigenvalue weighted by molar-refractivity contribution is 0.102. The van der Waals surface area contributed by atoms with Crippen LogP contribution in [-0.4, -0.2) is 37.0 Å². The van der Waals surface area contributed by atoms with Crippen molar-refractivity contribution in [3.05, 3.63) is 102 Å². The highest BCUT2D eigenvalue weighted by Gasteiger charge is 2.17. The van der Waals surface area contributed by atoms with Crippen molar-refractivity contribution >= 4 is 17.1 Å². The van der Waals surface area contributed by atoms with Crippen LogP contribution in [0.25, 0.3) is 16.8 Å². The number of hydrogen-bond donors (Lipinski definition) is 0. The number of nitrogens with zero attached hydrogens (tertiary/aromatic N) is 5. The molecule has 0 aliphatic heterocycles. The Morgan fingerprint density at radius 3 is 2.61 bits per heavy atom. The summed E-state index contributed by atoms with van der Waals surface area (Å²) in [7, 11) is 3.45. The van der Waals surface area contributed by atoms with Crippen molar-refractivity contribution in [2.45, 2.75) is 6.92 Å². The second kappa shape index (κ2) is 10.1. The normalized spacial score (nSPS) is 10.4. The van der Waals surface area contributed by atoms with Crippen molar-refractivity contribution in [3.8, 4) is 22.6 Å². The van der Waals surface area contributed by atoms with Crippen LogP contribution in [0.15, 0.2) is 85.2 Å². The van der Waals surface area contributed by atoms with Gasteiger partial charge in [-0.25, -0.2) is 9.97 Å². The predicted molar refractivity (Wildman–Crippen MR) is 129 cm³/mol. The monoisotopic (exact) mass is 457 g/mol. The largest absolute Gasteiger partial charge is 0.496 e. The molecule has 0 unspecified atom stereocenters. The maximum Gasteiger partial charge on any atom is 0.248 e. The standard InChI is InChI=1S/C21H18N4O2.C4H5NS/c1-24-11-10-22-21(24)20(26)18-13-25(14-23-18)16-7-5-6-15(12-16)17-8-3-4-9-19(17)27-2;1-4-2-5-3-6-4/h3-14H,1-2H3;2-3H,1H3. The van der Waals surface area contributed by atoms with Gasteiger partial charge < -0.3 is 13.9 Å². The fourth-order valence-corrected chi connectivity index (χ4v) is 3.69. The quantitative estimate of drug-likeness (QED) is 0.349. The van der Waals surface area contributed by atoms with Gasteiger partial charge in [-0.15, -0.1) is 11.3 Å². The number of hydrogen-bond acceptors (Lipinski definition) is 6. The maximum absolute atomic E-state index is 12.6. The summed E-state index contributed by atoms with van der Waals surface area (Å²) in [5.41, 5.74) is 5.12. The molecular weight excluding hydrogens is 434 g/mol. The van der Waals surface area contributed by atoms with Crippen molar-refractivity contribution in [2.75, 3.05) is 7.11 Å². The van der Waals surface area contributed by atoms with E-state index < -0.39 is 0 Å². The molecule has 33 heavy (non-hydrogen) atoms. The Labute approximate surface area is 196 Å². The molecule has 0 amide bonds. The van der Waals surface area contributed by atoms with Gasteiger partial charge in [0.15, 0.2) is 5.82 Å². The highest BCUT2D eigenvalue weighted by Crippen LogP contribution is 2.30. The van der Waals surface area contributed by atoms with E-state index in [4.69, 9.17) is 4.74 Å². The van der Waals surface area contributed by atoms with E-state index in [1.54, 1.807) is 55.0 Å². The molecule has 0 atom stereocenters. The fraction of sp³-hybridized carbons (Fsp3) is 0.120. The zero-order chi connectivity index (χ0) is 23.2. The smallest absolute Gasteiger partial charge is 0.248 e. The molecule has 0 bridgehead atoms. The van der Waals surface area contributed by atoms with Gasteiger partial charge in [-0.1, -0.05) is 30.3 Å². The Bertz CT molecular complexity index is 1350. The first-order valence-corrected chi connectivity index (χ1v) is 11.1. The topological polar surface area (TPSA) is 74.8 Å². The van der Waals surface area contributed by atoms with Crippen LogP contribution in [0.1, 0.15) is 21.2 Å². The van der Waals surface area contributed by atoms with Crippen LogP contribution in [-0.2, 0) is 7.05 Å².